The minimum Gasteiger partial charge on any atom is -0.349 e. The van der Waals surface area contributed by atoms with Crippen molar-refractivity contribution in [3.8, 4) is 6.07 Å². The molecule has 52 heavy (non-hydrogen) atoms. The van der Waals surface area contributed by atoms with Gasteiger partial charge in [0.15, 0.2) is 9.84 Å². The molecule has 0 radical (unpaired) electrons. The molecule has 0 aromatic heterocycles. The fourth-order valence-corrected chi connectivity index (χ4v) is 8.56. The van der Waals surface area contributed by atoms with Crippen LogP contribution in [0, 0.1) is 23.0 Å². The van der Waals surface area contributed by atoms with E-state index in [-0.39, 0.29) is 50.6 Å². The molecule has 278 valence electrons. The van der Waals surface area contributed by atoms with Gasteiger partial charge < -0.3 is 19.4 Å². The van der Waals surface area contributed by atoms with Gasteiger partial charge in [-0.15, -0.1) is 0 Å². The zero-order valence-corrected chi connectivity index (χ0v) is 28.1. The summed E-state index contributed by atoms with van der Waals surface area (Å²) in [6.45, 7) is -0.0379. The molecule has 18 heteroatoms. The number of halogens is 8. The number of nitriles is 1. The maximum Gasteiger partial charge on any atom is 0.430 e. The molecule has 5 rings (SSSR count). The van der Waals surface area contributed by atoms with Crippen LogP contribution in [0.5, 0.6) is 0 Å². The smallest absolute Gasteiger partial charge is 0.349 e. The highest BCUT2D eigenvalue weighted by Gasteiger charge is 2.73. The third kappa shape index (κ3) is 6.78. The van der Waals surface area contributed by atoms with Gasteiger partial charge in [-0.05, 0) is 53.9 Å². The Hall–Kier alpha value is -4.76. The molecular weight excluding hydrogens is 728 g/mol. The number of carbonyl (C=O) groups excluding carboxylic acids is 2. The number of ether oxygens (including phenoxy) is 1. The van der Waals surface area contributed by atoms with Crippen molar-refractivity contribution in [3.05, 3.63) is 101 Å². The summed E-state index contributed by atoms with van der Waals surface area (Å²) in [6, 6.07) is 9.37. The molecule has 0 aliphatic carbocycles. The molecule has 2 fully saturated rings. The van der Waals surface area contributed by atoms with Crippen molar-refractivity contribution in [3.63, 3.8) is 0 Å². The van der Waals surface area contributed by atoms with Crippen molar-refractivity contribution < 1.29 is 57.9 Å². The van der Waals surface area contributed by atoms with Gasteiger partial charge >= 0.3 is 18.4 Å². The van der Waals surface area contributed by atoms with E-state index in [0.29, 0.717) is 18.2 Å². The van der Waals surface area contributed by atoms with E-state index in [1.165, 1.54) is 27.7 Å². The molecule has 1 atom stereocenters. The molecule has 2 saturated heterocycles. The van der Waals surface area contributed by atoms with Crippen LogP contribution in [-0.4, -0.2) is 86.7 Å². The van der Waals surface area contributed by atoms with Gasteiger partial charge in [0.25, 0.3) is 5.60 Å². The van der Waals surface area contributed by atoms with Gasteiger partial charge in [0.05, 0.1) is 17.1 Å². The number of urea groups is 1. The first-order chi connectivity index (χ1) is 24.3. The predicted octanol–water partition coefficient (Wildman–Crippen LogP) is 6.03. The van der Waals surface area contributed by atoms with Crippen molar-refractivity contribution in [1.29, 1.82) is 5.26 Å². The van der Waals surface area contributed by atoms with Crippen LogP contribution in [0.4, 0.5) is 39.9 Å². The molecule has 0 N–H and O–H groups in total. The molecule has 9 nitrogen and oxygen atoms in total. The van der Waals surface area contributed by atoms with Crippen LogP contribution in [0.15, 0.2) is 71.6 Å². The summed E-state index contributed by atoms with van der Waals surface area (Å²) in [7, 11) is -4.61. The second kappa shape index (κ2) is 14.0. The Morgan fingerprint density at radius 2 is 1.40 bits per heavy atom. The van der Waals surface area contributed by atoms with Crippen LogP contribution in [0.1, 0.15) is 35.6 Å². The number of hydrogen-bond acceptors (Lipinski definition) is 6. The largest absolute Gasteiger partial charge is 0.430 e. The number of sulfone groups is 1. The fraction of sp³-hybridized carbons (Fsp3) is 0.382. The summed E-state index contributed by atoms with van der Waals surface area (Å²) in [5.74, 6) is -2.16. The van der Waals surface area contributed by atoms with Gasteiger partial charge in [-0.25, -0.2) is 22.0 Å². The van der Waals surface area contributed by atoms with Crippen molar-refractivity contribution in [2.75, 3.05) is 39.3 Å². The summed E-state index contributed by atoms with van der Waals surface area (Å²) in [4.78, 5) is 29.0. The number of likely N-dealkylation sites (tertiary alicyclic amines) is 1. The topological polar surface area (TPSA) is 111 Å². The standard InChI is InChI=1S/C34H30F8N4O5S/c1-22(47)44-14-16-45(17-15-44)30(48)46-13-12-31(21-46,52(49,50)28-10-8-27(35)9-11-28)25-4-6-26(7-5-25)32(33(37,38)39,34(40,41)42)51-20-23-2-3-24(19-43)29(36)18-23/h2-11,18H,12-17,20-21H2,1H3. The Morgan fingerprint density at radius 3 is 1.92 bits per heavy atom. The molecule has 0 saturated carbocycles. The highest BCUT2D eigenvalue weighted by Crippen LogP contribution is 2.54. The number of hydrogen-bond donors (Lipinski definition) is 0. The molecule has 1 unspecified atom stereocenters. The number of alkyl halides is 6. The lowest BCUT2D eigenvalue weighted by Gasteiger charge is -2.38. The Bertz CT molecular complexity index is 1960. The molecule has 2 aliphatic heterocycles. The van der Waals surface area contributed by atoms with E-state index in [1.807, 2.05) is 0 Å². The SMILES string of the molecule is CC(=O)N1CCN(C(=O)N2CCC(c3ccc(C(OCc4ccc(C#N)c(F)c4)(C(F)(F)F)C(F)(F)F)cc3)(S(=O)(=O)c3ccc(F)cc3)C2)CC1. The summed E-state index contributed by atoms with van der Waals surface area (Å²) in [5.41, 5.74) is -7.61. The quantitative estimate of drug-likeness (QED) is 0.215. The summed E-state index contributed by atoms with van der Waals surface area (Å²) >= 11 is 0. The van der Waals surface area contributed by atoms with E-state index in [1.54, 1.807) is 0 Å². The van der Waals surface area contributed by atoms with Gasteiger partial charge in [-0.1, -0.05) is 30.3 Å². The average molecular weight is 759 g/mol. The highest BCUT2D eigenvalue weighted by atomic mass is 32.2. The number of piperazine rings is 1. The lowest BCUT2D eigenvalue weighted by molar-refractivity contribution is -0.392. The van der Waals surface area contributed by atoms with E-state index in [4.69, 9.17) is 5.26 Å². The van der Waals surface area contributed by atoms with E-state index in [0.717, 1.165) is 48.5 Å². The van der Waals surface area contributed by atoms with Crippen molar-refractivity contribution in [1.82, 2.24) is 14.7 Å². The average Bonchev–Trinajstić information content (AvgIpc) is 3.55. The summed E-state index contributed by atoms with van der Waals surface area (Å²) in [6.07, 6.45) is -12.6. The Labute approximate surface area is 292 Å². The molecular formula is C34H30F8N4O5S. The Morgan fingerprint density at radius 1 is 0.827 bits per heavy atom. The zero-order chi connectivity index (χ0) is 38.3. The maximum absolute atomic E-state index is 14.6. The lowest BCUT2D eigenvalue weighted by Crippen LogP contribution is -2.56. The number of benzene rings is 3. The van der Waals surface area contributed by atoms with Crippen molar-refractivity contribution in [2.45, 2.75) is 47.5 Å². The molecule has 3 aromatic carbocycles. The van der Waals surface area contributed by atoms with E-state index in [9.17, 15) is 53.1 Å². The Balaban J connectivity index is 1.55. The van der Waals surface area contributed by atoms with Crippen LogP contribution < -0.4 is 0 Å². The second-order valence-electron chi connectivity index (χ2n) is 12.4. The van der Waals surface area contributed by atoms with E-state index >= 15 is 0 Å². The minimum absolute atomic E-state index is 0.132. The predicted molar refractivity (Wildman–Crippen MR) is 167 cm³/mol. The molecule has 2 heterocycles. The molecule has 2 aliphatic rings. The maximum atomic E-state index is 14.6. The van der Waals surface area contributed by atoms with Gasteiger partial charge in [0, 0.05) is 51.8 Å². The normalized spacial score (nSPS) is 18.7. The lowest BCUT2D eigenvalue weighted by atomic mass is 9.88. The summed E-state index contributed by atoms with van der Waals surface area (Å²) < 4.78 is 147. The van der Waals surface area contributed by atoms with Crippen LogP contribution in [0.2, 0.25) is 0 Å². The van der Waals surface area contributed by atoms with Gasteiger partial charge in [-0.2, -0.15) is 31.6 Å². The zero-order valence-electron chi connectivity index (χ0n) is 27.3. The first-order valence-electron chi connectivity index (χ1n) is 15.6. The van der Waals surface area contributed by atoms with Gasteiger partial charge in [-0.3, -0.25) is 4.79 Å². The van der Waals surface area contributed by atoms with Crippen LogP contribution >= 0.6 is 0 Å². The first kappa shape index (κ1) is 38.5. The van der Waals surface area contributed by atoms with Crippen molar-refractivity contribution >= 4 is 21.8 Å². The number of nitrogens with zero attached hydrogens (tertiary/aromatic N) is 4. The van der Waals surface area contributed by atoms with Crippen molar-refractivity contribution in [2.24, 2.45) is 0 Å². The first-order valence-corrected chi connectivity index (χ1v) is 17.1. The van der Waals surface area contributed by atoms with Crippen LogP contribution in [0.3, 0.4) is 0 Å². The van der Waals surface area contributed by atoms with Gasteiger partial charge in [0.2, 0.25) is 5.91 Å². The monoisotopic (exact) mass is 758 g/mol. The number of carbonyl (C=O) groups is 2. The van der Waals surface area contributed by atoms with E-state index < -0.39 is 84.9 Å². The molecule has 0 spiro atoms. The molecule has 0 bridgehead atoms. The van der Waals surface area contributed by atoms with Gasteiger partial charge in [0.1, 0.15) is 22.5 Å². The Kier molecular flexibility index (Phi) is 10.4. The fourth-order valence-electron chi connectivity index (χ4n) is 6.48. The molecule has 3 amide bonds. The highest BCUT2D eigenvalue weighted by molar-refractivity contribution is 7.92. The number of rotatable bonds is 7. The second-order valence-corrected chi connectivity index (χ2v) is 14.6. The van der Waals surface area contributed by atoms with Crippen LogP contribution in [0.25, 0.3) is 0 Å². The third-order valence-electron chi connectivity index (χ3n) is 9.36. The number of amides is 3. The van der Waals surface area contributed by atoms with Crippen LogP contribution in [-0.2, 0) is 36.3 Å². The molecule has 3 aromatic rings. The third-order valence-corrected chi connectivity index (χ3v) is 11.9. The summed E-state index contributed by atoms with van der Waals surface area (Å²) in [5, 5.41) is 8.90. The minimum atomic E-state index is -6.14. The van der Waals surface area contributed by atoms with E-state index in [2.05, 4.69) is 4.74 Å².